The van der Waals surface area contributed by atoms with Crippen molar-refractivity contribution in [3.05, 3.63) is 16.4 Å². The molecule has 0 saturated heterocycles. The lowest BCUT2D eigenvalue weighted by Crippen LogP contribution is -2.19. The Balaban J connectivity index is 2.53. The quantitative estimate of drug-likeness (QED) is 0.842. The molecule has 0 amide bonds. The minimum atomic E-state index is -0.391. The summed E-state index contributed by atoms with van der Waals surface area (Å²) in [6.45, 7) is 2.44. The molecule has 0 spiro atoms. The summed E-state index contributed by atoms with van der Waals surface area (Å²) in [5.74, 6) is 0. The van der Waals surface area contributed by atoms with Gasteiger partial charge in [0, 0.05) is 12.6 Å². The molecule has 1 atom stereocenters. The van der Waals surface area contributed by atoms with Crippen molar-refractivity contribution in [2.75, 3.05) is 11.9 Å². The molecule has 0 aliphatic heterocycles. The molecule has 0 aromatic carbocycles. The van der Waals surface area contributed by atoms with E-state index in [1.54, 1.807) is 6.07 Å². The fourth-order valence-corrected chi connectivity index (χ4v) is 1.45. The highest BCUT2D eigenvalue weighted by Crippen LogP contribution is 2.20. The van der Waals surface area contributed by atoms with Gasteiger partial charge in [0.1, 0.15) is 0 Å². The first-order valence-corrected chi connectivity index (χ1v) is 5.49. The highest BCUT2D eigenvalue weighted by atomic mass is 35.5. The maximum atomic E-state index is 9.50. The van der Waals surface area contributed by atoms with Gasteiger partial charge >= 0.3 is 0 Å². The number of anilines is 1. The summed E-state index contributed by atoms with van der Waals surface area (Å²) in [5, 5.41) is 20.2. The standard InChI is InChI=1S/C9H13Cl2N3O/c1-2-3-6(15)5-12-7-4-8(10)13-14-9(7)11/h4,6,15H,2-3,5H2,1H3,(H,12,13). The van der Waals surface area contributed by atoms with Crippen molar-refractivity contribution >= 4 is 28.9 Å². The van der Waals surface area contributed by atoms with E-state index >= 15 is 0 Å². The molecule has 2 N–H and O–H groups in total. The van der Waals surface area contributed by atoms with Crippen LogP contribution in [0.25, 0.3) is 0 Å². The number of hydrogen-bond acceptors (Lipinski definition) is 4. The second-order valence-electron chi connectivity index (χ2n) is 3.19. The zero-order valence-corrected chi connectivity index (χ0v) is 9.89. The zero-order chi connectivity index (χ0) is 11.3. The summed E-state index contributed by atoms with van der Waals surface area (Å²) >= 11 is 11.4. The van der Waals surface area contributed by atoms with Crippen LogP contribution in [0.3, 0.4) is 0 Å². The monoisotopic (exact) mass is 249 g/mol. The lowest BCUT2D eigenvalue weighted by atomic mass is 10.2. The van der Waals surface area contributed by atoms with E-state index in [0.717, 1.165) is 12.8 Å². The van der Waals surface area contributed by atoms with Gasteiger partial charge in [0.25, 0.3) is 0 Å². The van der Waals surface area contributed by atoms with Crippen LogP contribution in [-0.2, 0) is 0 Å². The highest BCUT2D eigenvalue weighted by molar-refractivity contribution is 6.33. The highest BCUT2D eigenvalue weighted by Gasteiger charge is 2.06. The van der Waals surface area contributed by atoms with E-state index in [2.05, 4.69) is 15.5 Å². The van der Waals surface area contributed by atoms with Crippen LogP contribution in [-0.4, -0.2) is 28.0 Å². The number of hydrogen-bond donors (Lipinski definition) is 2. The van der Waals surface area contributed by atoms with Crippen molar-refractivity contribution in [3.63, 3.8) is 0 Å². The van der Waals surface area contributed by atoms with Crippen LogP contribution in [0.15, 0.2) is 6.07 Å². The van der Waals surface area contributed by atoms with Crippen molar-refractivity contribution in [1.29, 1.82) is 0 Å². The van der Waals surface area contributed by atoms with Gasteiger partial charge in [0.05, 0.1) is 11.8 Å². The lowest BCUT2D eigenvalue weighted by Gasteiger charge is -2.12. The van der Waals surface area contributed by atoms with Crippen LogP contribution in [0.1, 0.15) is 19.8 Å². The van der Waals surface area contributed by atoms with E-state index in [9.17, 15) is 5.11 Å². The molecule has 0 bridgehead atoms. The molecule has 0 fully saturated rings. The second-order valence-corrected chi connectivity index (χ2v) is 3.94. The van der Waals surface area contributed by atoms with E-state index in [1.807, 2.05) is 6.92 Å². The minimum absolute atomic E-state index is 0.253. The number of halogens is 2. The molecule has 84 valence electrons. The molecule has 1 unspecified atom stereocenters. The Hall–Kier alpha value is -0.580. The van der Waals surface area contributed by atoms with Gasteiger partial charge in [-0.3, -0.25) is 0 Å². The van der Waals surface area contributed by atoms with Crippen LogP contribution in [0.4, 0.5) is 5.69 Å². The van der Waals surface area contributed by atoms with Crippen molar-refractivity contribution in [2.45, 2.75) is 25.9 Å². The normalized spacial score (nSPS) is 12.5. The summed E-state index contributed by atoms with van der Waals surface area (Å²) in [5.41, 5.74) is 0.590. The minimum Gasteiger partial charge on any atom is -0.391 e. The van der Waals surface area contributed by atoms with Crippen LogP contribution >= 0.6 is 23.2 Å². The summed E-state index contributed by atoms with van der Waals surface area (Å²) in [7, 11) is 0. The number of aromatic nitrogens is 2. The first-order valence-electron chi connectivity index (χ1n) is 4.74. The predicted octanol–water partition coefficient (Wildman–Crippen LogP) is 2.36. The summed E-state index contributed by atoms with van der Waals surface area (Å²) in [6.07, 6.45) is 1.29. The second kappa shape index (κ2) is 6.10. The Morgan fingerprint density at radius 3 is 2.87 bits per heavy atom. The van der Waals surface area contributed by atoms with E-state index in [-0.39, 0.29) is 10.3 Å². The summed E-state index contributed by atoms with van der Waals surface area (Å²) in [6, 6.07) is 1.58. The molecule has 0 radical (unpaired) electrons. The third-order valence-corrected chi connectivity index (χ3v) is 2.33. The van der Waals surface area contributed by atoms with Crippen LogP contribution < -0.4 is 5.32 Å². The largest absolute Gasteiger partial charge is 0.391 e. The van der Waals surface area contributed by atoms with Gasteiger partial charge in [-0.05, 0) is 6.42 Å². The molecule has 0 saturated carbocycles. The predicted molar refractivity (Wildman–Crippen MR) is 61.5 cm³/mol. The molecule has 1 rings (SSSR count). The average molecular weight is 250 g/mol. The van der Waals surface area contributed by atoms with Crippen molar-refractivity contribution < 1.29 is 5.11 Å². The van der Waals surface area contributed by atoms with E-state index in [4.69, 9.17) is 23.2 Å². The topological polar surface area (TPSA) is 58.0 Å². The molecular formula is C9H13Cl2N3O. The third kappa shape index (κ3) is 4.20. The molecular weight excluding hydrogens is 237 g/mol. The SMILES string of the molecule is CCCC(O)CNc1cc(Cl)nnc1Cl. The smallest absolute Gasteiger partial charge is 0.174 e. The van der Waals surface area contributed by atoms with E-state index in [1.165, 1.54) is 0 Å². The average Bonchev–Trinajstić information content (AvgIpc) is 2.20. The zero-order valence-electron chi connectivity index (χ0n) is 8.37. The van der Waals surface area contributed by atoms with Crippen LogP contribution in [0, 0.1) is 0 Å². The molecule has 0 aliphatic rings. The molecule has 4 nitrogen and oxygen atoms in total. The number of rotatable bonds is 5. The van der Waals surface area contributed by atoms with Gasteiger partial charge in [0.15, 0.2) is 10.3 Å². The Morgan fingerprint density at radius 2 is 2.20 bits per heavy atom. The maximum Gasteiger partial charge on any atom is 0.174 e. The summed E-state index contributed by atoms with van der Waals surface area (Å²) < 4.78 is 0. The van der Waals surface area contributed by atoms with Gasteiger partial charge in [-0.1, -0.05) is 36.5 Å². The van der Waals surface area contributed by atoms with Crippen molar-refractivity contribution in [2.24, 2.45) is 0 Å². The lowest BCUT2D eigenvalue weighted by molar-refractivity contribution is 0.176. The molecule has 1 heterocycles. The maximum absolute atomic E-state index is 9.50. The van der Waals surface area contributed by atoms with Gasteiger partial charge in [-0.15, -0.1) is 10.2 Å². The van der Waals surface area contributed by atoms with Crippen LogP contribution in [0.5, 0.6) is 0 Å². The molecule has 15 heavy (non-hydrogen) atoms. The first-order chi connectivity index (χ1) is 7.13. The number of nitrogens with zero attached hydrogens (tertiary/aromatic N) is 2. The fraction of sp³-hybridized carbons (Fsp3) is 0.556. The van der Waals surface area contributed by atoms with Crippen LogP contribution in [0.2, 0.25) is 10.3 Å². The first kappa shape index (κ1) is 12.5. The number of aliphatic hydroxyl groups is 1. The Labute approximate surface area is 98.6 Å². The van der Waals surface area contributed by atoms with Gasteiger partial charge in [-0.25, -0.2) is 0 Å². The Kier molecular flexibility index (Phi) is 5.08. The van der Waals surface area contributed by atoms with Crippen molar-refractivity contribution in [3.8, 4) is 0 Å². The number of aliphatic hydroxyl groups excluding tert-OH is 1. The molecule has 1 aromatic heterocycles. The van der Waals surface area contributed by atoms with Gasteiger partial charge in [0.2, 0.25) is 0 Å². The van der Waals surface area contributed by atoms with E-state index < -0.39 is 6.10 Å². The Morgan fingerprint density at radius 1 is 1.47 bits per heavy atom. The van der Waals surface area contributed by atoms with Gasteiger partial charge in [-0.2, -0.15) is 0 Å². The summed E-state index contributed by atoms with van der Waals surface area (Å²) in [4.78, 5) is 0. The van der Waals surface area contributed by atoms with Crippen molar-refractivity contribution in [1.82, 2.24) is 10.2 Å². The molecule has 1 aromatic rings. The third-order valence-electron chi connectivity index (χ3n) is 1.87. The van der Waals surface area contributed by atoms with Gasteiger partial charge < -0.3 is 10.4 Å². The van der Waals surface area contributed by atoms with E-state index in [0.29, 0.717) is 12.2 Å². The fourth-order valence-electron chi connectivity index (χ4n) is 1.14. The number of nitrogens with one attached hydrogen (secondary N) is 1. The molecule has 0 aliphatic carbocycles. The molecule has 6 heteroatoms. The Bertz CT molecular complexity index is 322.